The molecule has 1 fully saturated rings. The Morgan fingerprint density at radius 3 is 2.79 bits per heavy atom. The Morgan fingerprint density at radius 2 is 2.10 bits per heavy atom. The molecule has 6 nitrogen and oxygen atoms in total. The van der Waals surface area contributed by atoms with Gasteiger partial charge in [0, 0.05) is 41.2 Å². The molecule has 0 spiro atoms. The molecular weight excluding hydrogens is 371 g/mol. The van der Waals surface area contributed by atoms with Crippen LogP contribution >= 0.6 is 0 Å². The molecule has 29 heavy (non-hydrogen) atoms. The molecule has 1 aliphatic rings. The Kier molecular flexibility index (Phi) is 4.89. The molecule has 2 N–H and O–H groups in total. The molecule has 3 heterocycles. The Hall–Kier alpha value is -2.93. The minimum atomic E-state index is -1.70. The summed E-state index contributed by atoms with van der Waals surface area (Å²) in [5, 5.41) is 13.7. The van der Waals surface area contributed by atoms with Crippen LogP contribution in [0.1, 0.15) is 44.9 Å². The summed E-state index contributed by atoms with van der Waals surface area (Å²) in [5.41, 5.74) is 3.54. The number of carbonyl (C=O) groups excluding carboxylic acids is 1. The Morgan fingerprint density at radius 1 is 1.31 bits per heavy atom. The second kappa shape index (κ2) is 7.83. The fourth-order valence-corrected chi connectivity index (χ4v) is 3.27. The number of aliphatic hydroxyl groups is 1. The fraction of sp³-hybridized carbons (Fsp3) is 0.364. The summed E-state index contributed by atoms with van der Waals surface area (Å²) in [6.45, 7) is 3.82. The molecule has 1 amide bonds. The lowest BCUT2D eigenvalue weighted by Gasteiger charge is -2.12. The molecular formula is C22H23FN4O2. The number of amides is 1. The van der Waals surface area contributed by atoms with Gasteiger partial charge in [0.05, 0.1) is 24.6 Å². The second-order valence-electron chi connectivity index (χ2n) is 7.41. The van der Waals surface area contributed by atoms with E-state index in [1.54, 1.807) is 30.7 Å². The highest BCUT2D eigenvalue weighted by molar-refractivity contribution is 5.95. The summed E-state index contributed by atoms with van der Waals surface area (Å²) in [6, 6.07) is 5.31. The maximum Gasteiger partial charge on any atom is 0.231 e. The lowest BCUT2D eigenvalue weighted by molar-refractivity contribution is -0.117. The van der Waals surface area contributed by atoms with Gasteiger partial charge in [0.2, 0.25) is 5.91 Å². The number of hydrogen-bond acceptors (Lipinski definition) is 5. The number of pyridine rings is 3. The van der Waals surface area contributed by atoms with Gasteiger partial charge in [-0.3, -0.25) is 14.8 Å². The first-order chi connectivity index (χ1) is 14.3. The Balaban J connectivity index is 1.59. The summed E-state index contributed by atoms with van der Waals surface area (Å²) in [7, 11) is 0. The van der Waals surface area contributed by atoms with Crippen LogP contribution in [0.2, 0.25) is 0 Å². The Labute approximate surface area is 169 Å². The first-order valence-electron chi connectivity index (χ1n) is 10.2. The highest BCUT2D eigenvalue weighted by Crippen LogP contribution is 2.34. The number of hydrogen-bond donors (Lipinski definition) is 2. The second-order valence-corrected chi connectivity index (χ2v) is 7.41. The number of fused-ring (bicyclic) bond motifs is 1. The number of anilines is 1. The van der Waals surface area contributed by atoms with Crippen LogP contribution in [0, 0.1) is 12.8 Å². The minimum Gasteiger partial charge on any atom is -0.387 e. The number of nitrogens with zero attached hydrogens (tertiary/aromatic N) is 3. The molecule has 150 valence electrons. The molecule has 3 atom stereocenters. The van der Waals surface area contributed by atoms with Gasteiger partial charge >= 0.3 is 0 Å². The molecule has 0 aliphatic heterocycles. The van der Waals surface area contributed by atoms with E-state index in [1.807, 2.05) is 19.9 Å². The van der Waals surface area contributed by atoms with Crippen molar-refractivity contribution in [2.75, 3.05) is 5.32 Å². The third kappa shape index (κ3) is 4.10. The van der Waals surface area contributed by atoms with E-state index in [-0.39, 0.29) is 12.3 Å². The van der Waals surface area contributed by atoms with Crippen molar-refractivity contribution in [1.29, 1.82) is 0 Å². The minimum absolute atomic E-state index is 0.267. The van der Waals surface area contributed by atoms with Crippen molar-refractivity contribution in [3.05, 3.63) is 48.0 Å². The van der Waals surface area contributed by atoms with Crippen LogP contribution in [-0.4, -0.2) is 32.1 Å². The van der Waals surface area contributed by atoms with Gasteiger partial charge in [0.25, 0.3) is 0 Å². The van der Waals surface area contributed by atoms with Gasteiger partial charge in [0.15, 0.2) is 0 Å². The fourth-order valence-electron chi connectivity index (χ4n) is 3.27. The van der Waals surface area contributed by atoms with Crippen molar-refractivity contribution in [1.82, 2.24) is 15.0 Å². The first kappa shape index (κ1) is 18.1. The van der Waals surface area contributed by atoms with Crippen molar-refractivity contribution in [3.8, 4) is 11.1 Å². The Bertz CT molecular complexity index is 1120. The van der Waals surface area contributed by atoms with Crippen LogP contribution in [0.5, 0.6) is 0 Å². The van der Waals surface area contributed by atoms with Crippen LogP contribution in [0.3, 0.4) is 0 Å². The monoisotopic (exact) mass is 395 g/mol. The predicted octanol–water partition coefficient (Wildman–Crippen LogP) is 4.13. The number of aromatic nitrogens is 3. The number of rotatable bonds is 6. The summed E-state index contributed by atoms with van der Waals surface area (Å²) < 4.78 is 21.1. The molecule has 1 unspecified atom stereocenters. The quantitative estimate of drug-likeness (QED) is 0.655. The molecule has 0 radical (unpaired) electrons. The lowest BCUT2D eigenvalue weighted by atomic mass is 10.0. The van der Waals surface area contributed by atoms with Gasteiger partial charge in [-0.15, -0.1) is 0 Å². The largest absolute Gasteiger partial charge is 0.387 e. The van der Waals surface area contributed by atoms with Gasteiger partial charge < -0.3 is 10.4 Å². The van der Waals surface area contributed by atoms with E-state index in [0.29, 0.717) is 29.9 Å². The van der Waals surface area contributed by atoms with E-state index in [0.717, 1.165) is 22.1 Å². The highest BCUT2D eigenvalue weighted by Gasteiger charge is 2.43. The predicted molar refractivity (Wildman–Crippen MR) is 109 cm³/mol. The van der Waals surface area contributed by atoms with Crippen molar-refractivity contribution in [2.24, 2.45) is 5.92 Å². The molecule has 0 aromatic carbocycles. The number of nitrogens with one attached hydrogen (secondary N) is 1. The third-order valence-electron chi connectivity index (χ3n) is 5.07. The molecule has 1 aliphatic carbocycles. The van der Waals surface area contributed by atoms with E-state index in [1.165, 1.54) is 0 Å². The average Bonchev–Trinajstić information content (AvgIpc) is 3.44. The average molecular weight is 395 g/mol. The van der Waals surface area contributed by atoms with E-state index in [4.69, 9.17) is 1.37 Å². The SMILES string of the molecule is [2H]C(O)(CCC)c1cc(C)c(-c2cnc3cc(NC(=O)[C@H]4C[C@H]4F)ncc3c2)cn1. The van der Waals surface area contributed by atoms with Crippen LogP contribution in [0.4, 0.5) is 10.2 Å². The standard InChI is InChI=1S/C22H23FN4O2/c1-3-4-20(28)19-5-12(2)16(11-25-19)13-6-14-10-26-21(8-18(14)24-9-13)27-22(29)15-7-17(15)23/h5-6,8-11,15,17,20,28H,3-4,7H2,1-2H3,(H,26,27,29)/t15-,17+,20?/m0/s1/i20D. The molecule has 1 saturated carbocycles. The van der Waals surface area contributed by atoms with E-state index in [2.05, 4.69) is 20.3 Å². The number of aryl methyl sites for hydroxylation is 1. The van der Waals surface area contributed by atoms with Crippen molar-refractivity contribution in [3.63, 3.8) is 0 Å². The number of alkyl halides is 1. The molecule has 0 bridgehead atoms. The van der Waals surface area contributed by atoms with Crippen molar-refractivity contribution < 1.29 is 15.7 Å². The van der Waals surface area contributed by atoms with Crippen molar-refractivity contribution in [2.45, 2.75) is 45.4 Å². The molecule has 3 aromatic heterocycles. The van der Waals surface area contributed by atoms with Crippen molar-refractivity contribution >= 4 is 22.6 Å². The summed E-state index contributed by atoms with van der Waals surface area (Å²) in [5.74, 6) is -0.583. The zero-order valence-corrected chi connectivity index (χ0v) is 16.3. The first-order valence-corrected chi connectivity index (χ1v) is 9.69. The molecule has 3 aromatic rings. The van der Waals surface area contributed by atoms with Gasteiger partial charge in [-0.1, -0.05) is 13.3 Å². The summed E-state index contributed by atoms with van der Waals surface area (Å²) >= 11 is 0. The maximum atomic E-state index is 13.0. The maximum absolute atomic E-state index is 13.0. The highest BCUT2D eigenvalue weighted by atomic mass is 19.1. The molecule has 7 heteroatoms. The van der Waals surface area contributed by atoms with Gasteiger partial charge in [0.1, 0.15) is 12.0 Å². The van der Waals surface area contributed by atoms with Gasteiger partial charge in [-0.2, -0.15) is 0 Å². The molecule has 0 saturated heterocycles. The van der Waals surface area contributed by atoms with E-state index >= 15 is 0 Å². The topological polar surface area (TPSA) is 88.0 Å². The van der Waals surface area contributed by atoms with Gasteiger partial charge in [-0.05, 0) is 37.5 Å². The summed E-state index contributed by atoms with van der Waals surface area (Å²) in [4.78, 5) is 24.9. The normalized spacial score (nSPS) is 20.8. The number of halogens is 1. The number of carbonyl (C=O) groups is 1. The van der Waals surface area contributed by atoms with E-state index < -0.39 is 18.2 Å². The van der Waals surface area contributed by atoms with Crippen LogP contribution in [0.25, 0.3) is 22.0 Å². The lowest BCUT2D eigenvalue weighted by Crippen LogP contribution is -2.15. The summed E-state index contributed by atoms with van der Waals surface area (Å²) in [6.07, 6.45) is 3.47. The van der Waals surface area contributed by atoms with Crippen LogP contribution in [0.15, 0.2) is 36.8 Å². The van der Waals surface area contributed by atoms with Gasteiger partial charge in [-0.25, -0.2) is 9.37 Å². The zero-order chi connectivity index (χ0) is 21.5. The van der Waals surface area contributed by atoms with Crippen LogP contribution in [-0.2, 0) is 4.79 Å². The smallest absolute Gasteiger partial charge is 0.231 e. The molecule has 4 rings (SSSR count). The van der Waals surface area contributed by atoms with Crippen LogP contribution < -0.4 is 5.32 Å². The van der Waals surface area contributed by atoms with E-state index in [9.17, 15) is 14.3 Å². The third-order valence-corrected chi connectivity index (χ3v) is 5.07. The zero-order valence-electron chi connectivity index (χ0n) is 17.3.